The van der Waals surface area contributed by atoms with Gasteiger partial charge in [-0.15, -0.1) is 0 Å². The molecule has 0 aromatic carbocycles. The van der Waals surface area contributed by atoms with Crippen molar-refractivity contribution in [2.75, 3.05) is 42.5 Å². The molecule has 0 spiro atoms. The number of nitrogens with one attached hydrogen (secondary N) is 2. The molecule has 0 aliphatic carbocycles. The minimum atomic E-state index is -0.00276. The topological polar surface area (TPSA) is 106 Å². The molecule has 2 saturated heterocycles. The number of rotatable bonds is 4. The number of carbonyl (C=O) groups is 1. The molecule has 2 N–H and O–H groups in total. The monoisotopic (exact) mass is 477 g/mol. The van der Waals surface area contributed by atoms with Gasteiger partial charge >= 0.3 is 0 Å². The average molecular weight is 478 g/mol. The van der Waals surface area contributed by atoms with E-state index >= 15 is 0 Å². The number of pyridine rings is 1. The van der Waals surface area contributed by atoms with Crippen LogP contribution in [0.1, 0.15) is 34.6 Å². The summed E-state index contributed by atoms with van der Waals surface area (Å²) >= 11 is 0. The van der Waals surface area contributed by atoms with E-state index in [1.165, 1.54) is 0 Å². The Balaban J connectivity index is 1.40. The van der Waals surface area contributed by atoms with Gasteiger partial charge in [0.25, 0.3) is 0 Å². The Kier molecular flexibility index (Phi) is 6.31. The molecule has 5 rings (SSSR count). The molecule has 3 aromatic heterocycles. The second-order valence-electron chi connectivity index (χ2n) is 10.2. The standard InChI is InChI=1S/C25H35N9O/c1-15(2)24(35)33-13-17(4)34(18(5)14-33)25-28-11-20-23(29-25)22(31-30-20)19-6-7-21(27-10-19)32-9-8-26-16(3)12-32/h6-7,10-11,15-18,26H,8-9,12-14H2,1-5H3,(H,30,31). The number of aromatic amines is 1. The molecule has 3 aromatic rings. The zero-order chi connectivity index (χ0) is 24.7. The Bertz CT molecular complexity index is 1180. The third-order valence-corrected chi connectivity index (χ3v) is 6.96. The molecule has 35 heavy (non-hydrogen) atoms. The highest BCUT2D eigenvalue weighted by Crippen LogP contribution is 2.29. The number of aromatic nitrogens is 5. The van der Waals surface area contributed by atoms with Crippen molar-refractivity contribution in [3.63, 3.8) is 0 Å². The number of hydrogen-bond acceptors (Lipinski definition) is 8. The highest BCUT2D eigenvalue weighted by atomic mass is 16.2. The third-order valence-electron chi connectivity index (χ3n) is 6.96. The van der Waals surface area contributed by atoms with Crippen LogP contribution in [0.25, 0.3) is 22.3 Å². The van der Waals surface area contributed by atoms with Crippen LogP contribution in [0.15, 0.2) is 24.5 Å². The predicted octanol–water partition coefficient (Wildman–Crippen LogP) is 2.29. The number of H-pyrrole nitrogens is 1. The maximum absolute atomic E-state index is 12.6. The molecule has 2 fully saturated rings. The predicted molar refractivity (Wildman–Crippen MR) is 137 cm³/mol. The zero-order valence-corrected chi connectivity index (χ0v) is 21.2. The smallest absolute Gasteiger partial charge is 0.226 e. The molecular weight excluding hydrogens is 442 g/mol. The van der Waals surface area contributed by atoms with Crippen LogP contribution in [0.5, 0.6) is 0 Å². The summed E-state index contributed by atoms with van der Waals surface area (Å²) in [4.78, 5) is 33.4. The van der Waals surface area contributed by atoms with E-state index in [9.17, 15) is 4.79 Å². The van der Waals surface area contributed by atoms with Gasteiger partial charge in [0.2, 0.25) is 11.9 Å². The van der Waals surface area contributed by atoms with Gasteiger partial charge in [0.1, 0.15) is 22.5 Å². The quantitative estimate of drug-likeness (QED) is 0.590. The maximum atomic E-state index is 12.6. The maximum Gasteiger partial charge on any atom is 0.226 e. The van der Waals surface area contributed by atoms with Gasteiger partial charge in [0.05, 0.1) is 6.20 Å². The summed E-state index contributed by atoms with van der Waals surface area (Å²) < 4.78 is 0. The molecule has 0 radical (unpaired) electrons. The SMILES string of the molecule is CC1CN(c2ccc(-c3n[nH]c4cnc(N5C(C)CN(C(=O)C(C)C)CC5C)nc34)cn2)CCN1. The summed E-state index contributed by atoms with van der Waals surface area (Å²) in [5, 5.41) is 11.1. The Morgan fingerprint density at radius 1 is 1.06 bits per heavy atom. The van der Waals surface area contributed by atoms with Gasteiger partial charge in [-0.25, -0.2) is 15.0 Å². The lowest BCUT2D eigenvalue weighted by atomic mass is 10.1. The van der Waals surface area contributed by atoms with E-state index < -0.39 is 0 Å². The van der Waals surface area contributed by atoms with E-state index in [2.05, 4.69) is 63.2 Å². The van der Waals surface area contributed by atoms with Crippen molar-refractivity contribution in [3.8, 4) is 11.3 Å². The summed E-state index contributed by atoms with van der Waals surface area (Å²) in [5.74, 6) is 1.84. The summed E-state index contributed by atoms with van der Waals surface area (Å²) in [7, 11) is 0. The third kappa shape index (κ3) is 4.54. The molecule has 3 unspecified atom stereocenters. The zero-order valence-electron chi connectivity index (χ0n) is 21.2. The highest BCUT2D eigenvalue weighted by Gasteiger charge is 2.34. The first-order valence-electron chi connectivity index (χ1n) is 12.5. The van der Waals surface area contributed by atoms with Gasteiger partial charge in [-0.3, -0.25) is 9.89 Å². The Hall–Kier alpha value is -3.27. The lowest BCUT2D eigenvalue weighted by Crippen LogP contribution is -2.59. The largest absolute Gasteiger partial charge is 0.354 e. The summed E-state index contributed by atoms with van der Waals surface area (Å²) in [5.41, 5.74) is 3.25. The Morgan fingerprint density at radius 2 is 1.83 bits per heavy atom. The van der Waals surface area contributed by atoms with Crippen LogP contribution in [-0.4, -0.2) is 86.8 Å². The first kappa shape index (κ1) is 23.5. The molecule has 0 bridgehead atoms. The van der Waals surface area contributed by atoms with Crippen molar-refractivity contribution in [2.45, 2.75) is 52.7 Å². The molecule has 10 nitrogen and oxygen atoms in total. The fourth-order valence-corrected chi connectivity index (χ4v) is 5.25. The van der Waals surface area contributed by atoms with Crippen molar-refractivity contribution in [1.82, 2.24) is 35.4 Å². The van der Waals surface area contributed by atoms with Gasteiger partial charge in [0, 0.05) is 68.5 Å². The number of hydrogen-bond donors (Lipinski definition) is 2. The lowest BCUT2D eigenvalue weighted by Gasteiger charge is -2.44. The number of piperazine rings is 2. The van der Waals surface area contributed by atoms with Crippen LogP contribution in [0.2, 0.25) is 0 Å². The van der Waals surface area contributed by atoms with E-state index in [1.807, 2.05) is 24.9 Å². The minimum Gasteiger partial charge on any atom is -0.354 e. The van der Waals surface area contributed by atoms with Crippen LogP contribution in [0.4, 0.5) is 11.8 Å². The van der Waals surface area contributed by atoms with Crippen LogP contribution in [-0.2, 0) is 4.79 Å². The lowest BCUT2D eigenvalue weighted by molar-refractivity contribution is -0.135. The summed E-state index contributed by atoms with van der Waals surface area (Å²) in [6.07, 6.45) is 3.67. The van der Waals surface area contributed by atoms with Crippen molar-refractivity contribution >= 4 is 28.7 Å². The number of anilines is 2. The Labute approximate surface area is 206 Å². The fourth-order valence-electron chi connectivity index (χ4n) is 5.25. The van der Waals surface area contributed by atoms with Crippen LogP contribution >= 0.6 is 0 Å². The summed E-state index contributed by atoms with van der Waals surface area (Å²) in [6.45, 7) is 14.5. The number of fused-ring (bicyclic) bond motifs is 1. The van der Waals surface area contributed by atoms with E-state index in [0.29, 0.717) is 25.1 Å². The molecule has 10 heteroatoms. The molecule has 1 amide bonds. The molecule has 5 heterocycles. The first-order valence-corrected chi connectivity index (χ1v) is 12.5. The fraction of sp³-hybridized carbons (Fsp3) is 0.560. The first-order chi connectivity index (χ1) is 16.8. The van der Waals surface area contributed by atoms with Gasteiger partial charge < -0.3 is 20.0 Å². The number of carbonyl (C=O) groups excluding carboxylic acids is 1. The molecule has 3 atom stereocenters. The second-order valence-corrected chi connectivity index (χ2v) is 10.2. The highest BCUT2D eigenvalue weighted by molar-refractivity contribution is 5.89. The average Bonchev–Trinajstić information content (AvgIpc) is 3.26. The van der Waals surface area contributed by atoms with Gasteiger partial charge in [0.15, 0.2) is 0 Å². The normalized spacial score (nSPS) is 23.4. The number of nitrogens with zero attached hydrogens (tertiary/aromatic N) is 7. The van der Waals surface area contributed by atoms with E-state index in [0.717, 1.165) is 47.7 Å². The molecule has 2 aliphatic rings. The van der Waals surface area contributed by atoms with Crippen molar-refractivity contribution in [1.29, 1.82) is 0 Å². The van der Waals surface area contributed by atoms with Gasteiger partial charge in [-0.05, 0) is 32.9 Å². The molecular formula is C25H35N9O. The van der Waals surface area contributed by atoms with E-state index in [-0.39, 0.29) is 23.9 Å². The minimum absolute atomic E-state index is 0.00276. The van der Waals surface area contributed by atoms with Crippen LogP contribution in [0.3, 0.4) is 0 Å². The second kappa shape index (κ2) is 9.41. The van der Waals surface area contributed by atoms with Gasteiger partial charge in [-0.2, -0.15) is 5.10 Å². The molecule has 0 saturated carbocycles. The van der Waals surface area contributed by atoms with E-state index in [1.54, 1.807) is 6.20 Å². The van der Waals surface area contributed by atoms with E-state index in [4.69, 9.17) is 9.97 Å². The number of amides is 1. The van der Waals surface area contributed by atoms with Crippen molar-refractivity contribution in [2.24, 2.45) is 5.92 Å². The summed E-state index contributed by atoms with van der Waals surface area (Å²) in [6, 6.07) is 4.79. The van der Waals surface area contributed by atoms with Crippen molar-refractivity contribution in [3.05, 3.63) is 24.5 Å². The Morgan fingerprint density at radius 3 is 2.49 bits per heavy atom. The van der Waals surface area contributed by atoms with Crippen LogP contribution in [0, 0.1) is 5.92 Å². The molecule has 186 valence electrons. The van der Waals surface area contributed by atoms with Crippen molar-refractivity contribution < 1.29 is 4.79 Å². The van der Waals surface area contributed by atoms with Crippen LogP contribution < -0.4 is 15.1 Å². The molecule has 2 aliphatic heterocycles. The van der Waals surface area contributed by atoms with Gasteiger partial charge in [-0.1, -0.05) is 13.8 Å².